The Morgan fingerprint density at radius 2 is 1.81 bits per heavy atom. The lowest BCUT2D eigenvalue weighted by atomic mass is 10.1. The first-order valence-corrected chi connectivity index (χ1v) is 9.86. The molecule has 0 aromatic heterocycles. The lowest BCUT2D eigenvalue weighted by Gasteiger charge is -2.21. The molecule has 2 unspecified atom stereocenters. The molecule has 0 radical (unpaired) electrons. The monoisotopic (exact) mass is 382 g/mol. The van der Waals surface area contributed by atoms with E-state index >= 15 is 0 Å². The van der Waals surface area contributed by atoms with Gasteiger partial charge in [0, 0.05) is 0 Å². The molecule has 0 aliphatic carbocycles. The average molecular weight is 382 g/mol. The number of alkyl carbamates (subject to hydrolysis) is 1. The van der Waals surface area contributed by atoms with Crippen molar-refractivity contribution in [2.75, 3.05) is 12.0 Å². The standard InChI is InChI=1S/C18H26N2O5S/c1-3-7-14(16(21)19-15(17(22)23)10-11-26-2)20-18(24)25-12-13-8-5-4-6-9-13/h4-6,8-9,14-15H,3,7,10-12H2,1-2H3,(H,19,21)(H,20,24)(H,22,23). The normalized spacial score (nSPS) is 12.7. The highest BCUT2D eigenvalue weighted by Gasteiger charge is 2.26. The number of carbonyl (C=O) groups excluding carboxylic acids is 2. The number of benzene rings is 1. The fourth-order valence-electron chi connectivity index (χ4n) is 2.23. The fraction of sp³-hybridized carbons (Fsp3) is 0.500. The van der Waals surface area contributed by atoms with Crippen molar-refractivity contribution in [1.29, 1.82) is 0 Å². The third kappa shape index (κ3) is 8.24. The molecule has 8 heteroatoms. The highest BCUT2D eigenvalue weighted by atomic mass is 32.2. The van der Waals surface area contributed by atoms with Crippen LogP contribution in [0.25, 0.3) is 0 Å². The molecular formula is C18H26N2O5S. The van der Waals surface area contributed by atoms with Crippen molar-refractivity contribution in [3.8, 4) is 0 Å². The number of rotatable bonds is 11. The smallest absolute Gasteiger partial charge is 0.408 e. The van der Waals surface area contributed by atoms with Crippen LogP contribution < -0.4 is 10.6 Å². The molecule has 1 rings (SSSR count). The van der Waals surface area contributed by atoms with E-state index in [2.05, 4.69) is 10.6 Å². The molecule has 144 valence electrons. The van der Waals surface area contributed by atoms with E-state index in [-0.39, 0.29) is 6.61 Å². The van der Waals surface area contributed by atoms with Crippen LogP contribution in [0.2, 0.25) is 0 Å². The minimum absolute atomic E-state index is 0.0958. The molecule has 0 heterocycles. The Morgan fingerprint density at radius 3 is 2.38 bits per heavy atom. The second kappa shape index (κ2) is 12.2. The zero-order valence-electron chi connectivity index (χ0n) is 15.1. The Hall–Kier alpha value is -2.22. The van der Waals surface area contributed by atoms with Gasteiger partial charge in [0.25, 0.3) is 0 Å². The van der Waals surface area contributed by atoms with Crippen molar-refractivity contribution in [3.05, 3.63) is 35.9 Å². The average Bonchev–Trinajstić information content (AvgIpc) is 2.63. The molecule has 2 atom stereocenters. The highest BCUT2D eigenvalue weighted by Crippen LogP contribution is 2.05. The lowest BCUT2D eigenvalue weighted by Crippen LogP contribution is -2.51. The summed E-state index contributed by atoms with van der Waals surface area (Å²) < 4.78 is 5.12. The van der Waals surface area contributed by atoms with Crippen LogP contribution in [-0.2, 0) is 20.9 Å². The van der Waals surface area contributed by atoms with Gasteiger partial charge in [-0.25, -0.2) is 9.59 Å². The maximum absolute atomic E-state index is 12.4. The number of ether oxygens (including phenoxy) is 1. The molecule has 0 aliphatic heterocycles. The fourth-order valence-corrected chi connectivity index (χ4v) is 2.70. The van der Waals surface area contributed by atoms with E-state index < -0.39 is 30.1 Å². The molecular weight excluding hydrogens is 356 g/mol. The predicted octanol–water partition coefficient (Wildman–Crippen LogP) is 2.40. The molecule has 0 spiro atoms. The summed E-state index contributed by atoms with van der Waals surface area (Å²) in [6, 6.07) is 7.38. The van der Waals surface area contributed by atoms with E-state index in [0.29, 0.717) is 25.0 Å². The van der Waals surface area contributed by atoms with Crippen LogP contribution in [0, 0.1) is 0 Å². The molecule has 0 saturated heterocycles. The van der Waals surface area contributed by atoms with Crippen molar-refractivity contribution in [2.45, 2.75) is 44.9 Å². The number of hydrogen-bond donors (Lipinski definition) is 3. The third-order valence-corrected chi connectivity index (χ3v) is 4.27. The molecule has 1 aromatic rings. The van der Waals surface area contributed by atoms with Gasteiger partial charge in [-0.3, -0.25) is 4.79 Å². The number of aliphatic carboxylic acids is 1. The van der Waals surface area contributed by atoms with Gasteiger partial charge in [-0.2, -0.15) is 11.8 Å². The summed E-state index contributed by atoms with van der Waals surface area (Å²) in [7, 11) is 0. The first-order valence-electron chi connectivity index (χ1n) is 8.47. The van der Waals surface area contributed by atoms with E-state index in [9.17, 15) is 19.5 Å². The van der Waals surface area contributed by atoms with Gasteiger partial charge in [-0.15, -0.1) is 0 Å². The van der Waals surface area contributed by atoms with Gasteiger partial charge in [-0.1, -0.05) is 43.7 Å². The molecule has 7 nitrogen and oxygen atoms in total. The minimum atomic E-state index is -1.09. The molecule has 0 aliphatic rings. The SMILES string of the molecule is CCCC(NC(=O)OCc1ccccc1)C(=O)NC(CCSC)C(=O)O. The first kappa shape index (κ1) is 21.8. The third-order valence-electron chi connectivity index (χ3n) is 3.62. The first-order chi connectivity index (χ1) is 12.5. The van der Waals surface area contributed by atoms with E-state index in [4.69, 9.17) is 4.74 Å². The number of hydrogen-bond acceptors (Lipinski definition) is 5. The van der Waals surface area contributed by atoms with Crippen LogP contribution in [-0.4, -0.2) is 47.2 Å². The van der Waals surface area contributed by atoms with E-state index in [1.807, 2.05) is 43.5 Å². The van der Waals surface area contributed by atoms with Crippen molar-refractivity contribution in [2.24, 2.45) is 0 Å². The van der Waals surface area contributed by atoms with Crippen molar-refractivity contribution < 1.29 is 24.2 Å². The number of thioether (sulfide) groups is 1. The van der Waals surface area contributed by atoms with E-state index in [1.165, 1.54) is 11.8 Å². The summed E-state index contributed by atoms with van der Waals surface area (Å²) in [6.45, 7) is 1.97. The van der Waals surface area contributed by atoms with Gasteiger partial charge in [0.1, 0.15) is 18.7 Å². The van der Waals surface area contributed by atoms with Gasteiger partial charge < -0.3 is 20.5 Å². The second-order valence-electron chi connectivity index (χ2n) is 5.73. The number of carboxylic acids is 1. The summed E-state index contributed by atoms with van der Waals surface area (Å²) >= 11 is 1.50. The number of nitrogens with one attached hydrogen (secondary N) is 2. The Morgan fingerprint density at radius 1 is 1.12 bits per heavy atom. The van der Waals surface area contributed by atoms with Gasteiger partial charge in [0.05, 0.1) is 0 Å². The lowest BCUT2D eigenvalue weighted by molar-refractivity contribution is -0.142. The van der Waals surface area contributed by atoms with Crippen molar-refractivity contribution in [1.82, 2.24) is 10.6 Å². The maximum atomic E-state index is 12.4. The number of amides is 2. The van der Waals surface area contributed by atoms with Gasteiger partial charge >= 0.3 is 12.1 Å². The zero-order chi connectivity index (χ0) is 19.4. The summed E-state index contributed by atoms with van der Waals surface area (Å²) in [5.74, 6) is -0.992. The zero-order valence-corrected chi connectivity index (χ0v) is 15.9. The van der Waals surface area contributed by atoms with Crippen molar-refractivity contribution >= 4 is 29.7 Å². The Labute approximate surface area is 157 Å². The quantitative estimate of drug-likeness (QED) is 0.543. The van der Waals surface area contributed by atoms with Gasteiger partial charge in [0.15, 0.2) is 0 Å². The molecule has 0 bridgehead atoms. The van der Waals surface area contributed by atoms with E-state index in [1.54, 1.807) is 0 Å². The minimum Gasteiger partial charge on any atom is -0.480 e. The molecule has 0 fully saturated rings. The summed E-state index contributed by atoms with van der Waals surface area (Å²) in [6.07, 6.45) is 2.52. The Kier molecular flexibility index (Phi) is 10.2. The molecule has 2 amide bonds. The largest absolute Gasteiger partial charge is 0.480 e. The number of carbonyl (C=O) groups is 3. The van der Waals surface area contributed by atoms with Gasteiger partial charge in [0.2, 0.25) is 5.91 Å². The van der Waals surface area contributed by atoms with Crippen molar-refractivity contribution in [3.63, 3.8) is 0 Å². The van der Waals surface area contributed by atoms with Crippen LogP contribution in [0.4, 0.5) is 4.79 Å². The second-order valence-corrected chi connectivity index (χ2v) is 6.71. The van der Waals surface area contributed by atoms with Crippen LogP contribution >= 0.6 is 11.8 Å². The Bertz CT molecular complexity index is 582. The molecule has 3 N–H and O–H groups in total. The number of carboxylic acid groups (broad SMARTS) is 1. The Balaban J connectivity index is 2.57. The predicted molar refractivity (Wildman–Crippen MR) is 101 cm³/mol. The molecule has 0 saturated carbocycles. The highest BCUT2D eigenvalue weighted by molar-refractivity contribution is 7.98. The van der Waals surface area contributed by atoms with Crippen LogP contribution in [0.1, 0.15) is 31.7 Å². The molecule has 1 aromatic carbocycles. The van der Waals surface area contributed by atoms with Gasteiger partial charge in [-0.05, 0) is 30.4 Å². The summed E-state index contributed by atoms with van der Waals surface area (Å²) in [5, 5.41) is 14.2. The van der Waals surface area contributed by atoms with Crippen LogP contribution in [0.3, 0.4) is 0 Å². The van der Waals surface area contributed by atoms with Crippen LogP contribution in [0.15, 0.2) is 30.3 Å². The molecule has 26 heavy (non-hydrogen) atoms. The topological polar surface area (TPSA) is 105 Å². The summed E-state index contributed by atoms with van der Waals surface area (Å²) in [4.78, 5) is 35.6. The maximum Gasteiger partial charge on any atom is 0.408 e. The van der Waals surface area contributed by atoms with Crippen LogP contribution in [0.5, 0.6) is 0 Å². The van der Waals surface area contributed by atoms with E-state index in [0.717, 1.165) is 5.56 Å². The summed E-state index contributed by atoms with van der Waals surface area (Å²) in [5.41, 5.74) is 0.835.